The molecule has 0 amide bonds. The molecule has 0 bridgehead atoms. The van der Waals surface area contributed by atoms with Crippen LogP contribution in [-0.4, -0.2) is 27.2 Å². The second-order valence-corrected chi connectivity index (χ2v) is 4.22. The summed E-state index contributed by atoms with van der Waals surface area (Å²) in [6, 6.07) is 9.26. The van der Waals surface area contributed by atoms with Crippen LogP contribution in [0.25, 0.3) is 16.8 Å². The number of esters is 1. The van der Waals surface area contributed by atoms with Crippen LogP contribution in [0.3, 0.4) is 0 Å². The summed E-state index contributed by atoms with van der Waals surface area (Å²) in [6.07, 6.45) is 5.17. The summed E-state index contributed by atoms with van der Waals surface area (Å²) < 4.78 is 6.82. The molecule has 0 aliphatic carbocycles. The molecule has 5 heteroatoms. The summed E-state index contributed by atoms with van der Waals surface area (Å²) in [5, 5.41) is 4.46. The molecule has 0 aliphatic rings. The third kappa shape index (κ3) is 2.03. The van der Waals surface area contributed by atoms with Crippen LogP contribution in [0.1, 0.15) is 17.3 Å². The molecule has 0 atom stereocenters. The number of carbonyl (C=O) groups excluding carboxylic acids is 1. The van der Waals surface area contributed by atoms with E-state index in [1.165, 1.54) is 0 Å². The van der Waals surface area contributed by atoms with Crippen molar-refractivity contribution in [2.45, 2.75) is 6.92 Å². The number of hydrogen-bond donors (Lipinski definition) is 0. The van der Waals surface area contributed by atoms with Gasteiger partial charge in [0.2, 0.25) is 0 Å². The predicted molar refractivity (Wildman–Crippen MR) is 74.4 cm³/mol. The maximum atomic E-state index is 12.2. The van der Waals surface area contributed by atoms with Gasteiger partial charge in [0.15, 0.2) is 0 Å². The van der Waals surface area contributed by atoms with E-state index >= 15 is 0 Å². The topological polar surface area (TPSA) is 56.5 Å². The molecule has 0 radical (unpaired) electrons. The zero-order chi connectivity index (χ0) is 13.9. The first kappa shape index (κ1) is 12.3. The molecule has 100 valence electrons. The third-order valence-corrected chi connectivity index (χ3v) is 2.95. The summed E-state index contributed by atoms with van der Waals surface area (Å²) in [6.45, 7) is 2.11. The Morgan fingerprint density at radius 1 is 1.30 bits per heavy atom. The maximum absolute atomic E-state index is 12.2. The van der Waals surface area contributed by atoms with E-state index in [1.54, 1.807) is 30.0 Å². The van der Waals surface area contributed by atoms with Crippen molar-refractivity contribution in [2.75, 3.05) is 6.61 Å². The number of nitrogens with zero attached hydrogens (tertiary/aromatic N) is 3. The van der Waals surface area contributed by atoms with Crippen LogP contribution in [0.15, 0.2) is 48.9 Å². The molecule has 0 aromatic carbocycles. The first-order chi connectivity index (χ1) is 9.81. The van der Waals surface area contributed by atoms with Gasteiger partial charge in [-0.25, -0.2) is 9.31 Å². The minimum absolute atomic E-state index is 0.329. The second-order valence-electron chi connectivity index (χ2n) is 4.22. The van der Waals surface area contributed by atoms with E-state index in [-0.39, 0.29) is 5.97 Å². The Bertz CT molecular complexity index is 750. The summed E-state index contributed by atoms with van der Waals surface area (Å²) >= 11 is 0. The van der Waals surface area contributed by atoms with Gasteiger partial charge in [-0.05, 0) is 31.2 Å². The number of carbonyl (C=O) groups is 1. The number of rotatable bonds is 3. The molecule has 3 rings (SSSR count). The van der Waals surface area contributed by atoms with Crippen LogP contribution in [0, 0.1) is 0 Å². The highest BCUT2D eigenvalue weighted by Crippen LogP contribution is 2.26. The van der Waals surface area contributed by atoms with E-state index in [2.05, 4.69) is 10.1 Å². The molecular formula is C15H13N3O2. The van der Waals surface area contributed by atoms with Crippen molar-refractivity contribution in [2.24, 2.45) is 0 Å². The summed E-state index contributed by atoms with van der Waals surface area (Å²) in [7, 11) is 0. The van der Waals surface area contributed by atoms with E-state index in [0.717, 1.165) is 11.1 Å². The average Bonchev–Trinajstić information content (AvgIpc) is 2.88. The lowest BCUT2D eigenvalue weighted by atomic mass is 10.1. The van der Waals surface area contributed by atoms with Crippen LogP contribution < -0.4 is 0 Å². The van der Waals surface area contributed by atoms with Gasteiger partial charge >= 0.3 is 5.97 Å². The SMILES string of the molecule is CCOC(=O)c1c(-c2cccnc2)nn2ccccc12. The molecule has 0 fully saturated rings. The lowest BCUT2D eigenvalue weighted by Gasteiger charge is -2.02. The third-order valence-electron chi connectivity index (χ3n) is 2.95. The van der Waals surface area contributed by atoms with Crippen LogP contribution >= 0.6 is 0 Å². The minimum atomic E-state index is -0.368. The Morgan fingerprint density at radius 2 is 2.20 bits per heavy atom. The molecule has 5 nitrogen and oxygen atoms in total. The van der Waals surface area contributed by atoms with Crippen molar-refractivity contribution in [1.82, 2.24) is 14.6 Å². The summed E-state index contributed by atoms with van der Waals surface area (Å²) in [4.78, 5) is 16.3. The van der Waals surface area contributed by atoms with Gasteiger partial charge in [-0.1, -0.05) is 6.07 Å². The van der Waals surface area contributed by atoms with Crippen molar-refractivity contribution in [1.29, 1.82) is 0 Å². The highest BCUT2D eigenvalue weighted by atomic mass is 16.5. The Morgan fingerprint density at radius 3 is 2.95 bits per heavy atom. The van der Waals surface area contributed by atoms with Gasteiger partial charge in [0.1, 0.15) is 11.3 Å². The Labute approximate surface area is 115 Å². The lowest BCUT2D eigenvalue weighted by Crippen LogP contribution is -2.05. The van der Waals surface area contributed by atoms with E-state index in [1.807, 2.05) is 30.3 Å². The molecule has 3 aromatic rings. The summed E-state index contributed by atoms with van der Waals surface area (Å²) in [5.41, 5.74) is 2.58. The average molecular weight is 267 g/mol. The number of pyridine rings is 2. The number of aromatic nitrogens is 3. The van der Waals surface area contributed by atoms with Crippen LogP contribution in [0.5, 0.6) is 0 Å². The molecule has 0 saturated carbocycles. The highest BCUT2D eigenvalue weighted by Gasteiger charge is 2.21. The first-order valence-electron chi connectivity index (χ1n) is 6.36. The van der Waals surface area contributed by atoms with Crippen molar-refractivity contribution in [3.8, 4) is 11.3 Å². The fourth-order valence-electron chi connectivity index (χ4n) is 2.11. The van der Waals surface area contributed by atoms with Crippen molar-refractivity contribution < 1.29 is 9.53 Å². The van der Waals surface area contributed by atoms with Gasteiger partial charge in [0.05, 0.1) is 12.1 Å². The van der Waals surface area contributed by atoms with Gasteiger partial charge in [-0.15, -0.1) is 0 Å². The monoisotopic (exact) mass is 267 g/mol. The second kappa shape index (κ2) is 5.13. The highest BCUT2D eigenvalue weighted by molar-refractivity contribution is 6.03. The smallest absolute Gasteiger partial charge is 0.342 e. The minimum Gasteiger partial charge on any atom is -0.462 e. The molecule has 0 aliphatic heterocycles. The fraction of sp³-hybridized carbons (Fsp3) is 0.133. The van der Waals surface area contributed by atoms with Crippen molar-refractivity contribution in [3.05, 3.63) is 54.5 Å². The predicted octanol–water partition coefficient (Wildman–Crippen LogP) is 2.57. The zero-order valence-corrected chi connectivity index (χ0v) is 11.0. The fourth-order valence-corrected chi connectivity index (χ4v) is 2.11. The largest absolute Gasteiger partial charge is 0.462 e. The van der Waals surface area contributed by atoms with Gasteiger partial charge in [-0.3, -0.25) is 4.98 Å². The normalized spacial score (nSPS) is 10.7. The molecule has 0 saturated heterocycles. The quantitative estimate of drug-likeness (QED) is 0.684. The van der Waals surface area contributed by atoms with E-state index < -0.39 is 0 Å². The van der Waals surface area contributed by atoms with E-state index in [0.29, 0.717) is 17.9 Å². The number of ether oxygens (including phenoxy) is 1. The molecule has 3 aromatic heterocycles. The molecular weight excluding hydrogens is 254 g/mol. The Kier molecular flexibility index (Phi) is 3.16. The van der Waals surface area contributed by atoms with Crippen LogP contribution in [-0.2, 0) is 4.74 Å². The van der Waals surface area contributed by atoms with E-state index in [9.17, 15) is 4.79 Å². The van der Waals surface area contributed by atoms with Crippen molar-refractivity contribution in [3.63, 3.8) is 0 Å². The molecule has 3 heterocycles. The first-order valence-corrected chi connectivity index (χ1v) is 6.36. The molecule has 20 heavy (non-hydrogen) atoms. The number of fused-ring (bicyclic) bond motifs is 1. The van der Waals surface area contributed by atoms with Gasteiger partial charge in [-0.2, -0.15) is 5.10 Å². The Balaban J connectivity index is 2.25. The van der Waals surface area contributed by atoms with Gasteiger partial charge in [0.25, 0.3) is 0 Å². The summed E-state index contributed by atoms with van der Waals surface area (Å²) in [5.74, 6) is -0.368. The Hall–Kier alpha value is -2.69. The molecule has 0 N–H and O–H groups in total. The van der Waals surface area contributed by atoms with Gasteiger partial charge in [0, 0.05) is 24.2 Å². The number of hydrogen-bond acceptors (Lipinski definition) is 4. The van der Waals surface area contributed by atoms with Crippen LogP contribution in [0.4, 0.5) is 0 Å². The zero-order valence-electron chi connectivity index (χ0n) is 11.0. The van der Waals surface area contributed by atoms with Crippen molar-refractivity contribution >= 4 is 11.5 Å². The van der Waals surface area contributed by atoms with Crippen LogP contribution in [0.2, 0.25) is 0 Å². The standard InChI is InChI=1S/C15H13N3O2/c1-2-20-15(19)13-12-7-3-4-9-18(12)17-14(13)11-6-5-8-16-10-11/h3-10H,2H2,1H3. The maximum Gasteiger partial charge on any atom is 0.342 e. The lowest BCUT2D eigenvalue weighted by molar-refractivity contribution is 0.0529. The van der Waals surface area contributed by atoms with Gasteiger partial charge < -0.3 is 4.74 Å². The molecule has 0 spiro atoms. The van der Waals surface area contributed by atoms with E-state index in [4.69, 9.17) is 4.74 Å². The molecule has 0 unspecified atom stereocenters.